The molecule has 0 aromatic heterocycles. The molecule has 1 N–H and O–H groups in total. The Morgan fingerprint density at radius 3 is 2.27 bits per heavy atom. The lowest BCUT2D eigenvalue weighted by molar-refractivity contribution is -0.384. The number of carbonyl (C=O) groups excluding carboxylic acids is 3. The van der Waals surface area contributed by atoms with Crippen LogP contribution in [0.5, 0.6) is 0 Å². The lowest BCUT2D eigenvalue weighted by atomic mass is 9.64. The van der Waals surface area contributed by atoms with Crippen LogP contribution in [0.2, 0.25) is 0 Å². The third-order valence-electron chi connectivity index (χ3n) is 9.23. The van der Waals surface area contributed by atoms with Crippen molar-refractivity contribution in [3.8, 4) is 0 Å². The number of ketones is 2. The molecule has 218 valence electrons. The minimum absolute atomic E-state index is 0.141. The molecule has 3 aliphatic heterocycles. The number of Topliss-reactive ketones (excluding diaryl/α,β-unsaturated/α-hetero) is 2. The predicted octanol–water partition coefficient (Wildman–Crippen LogP) is 6.40. The van der Waals surface area contributed by atoms with Gasteiger partial charge in [-0.3, -0.25) is 24.5 Å². The number of benzene rings is 4. The van der Waals surface area contributed by atoms with Crippen LogP contribution in [0, 0.1) is 16.0 Å². The Balaban J connectivity index is 1.48. The molecule has 4 aromatic rings. The number of aryl methyl sites for hydroxylation is 1. The smallest absolute Gasteiger partial charge is 0.269 e. The zero-order valence-corrected chi connectivity index (χ0v) is 24.0. The van der Waals surface area contributed by atoms with Crippen LogP contribution in [0.1, 0.15) is 50.8 Å². The minimum atomic E-state index is -1.42. The number of rotatable bonds is 7. The van der Waals surface area contributed by atoms with Crippen molar-refractivity contribution in [2.45, 2.75) is 37.3 Å². The van der Waals surface area contributed by atoms with Crippen molar-refractivity contribution < 1.29 is 19.3 Å². The number of nitrogens with zero attached hydrogens (tertiary/aromatic N) is 2. The van der Waals surface area contributed by atoms with E-state index in [-0.39, 0.29) is 28.7 Å². The summed E-state index contributed by atoms with van der Waals surface area (Å²) in [5.74, 6) is -2.13. The molecule has 4 aromatic carbocycles. The SMILES string of the molecule is CCCc1ccc(C(=O)C2C(C(=O)c3ccc([N+](=O)[O-])cc3)N3c4ccccc4C=CC3C23C(=O)Nc2ccccc23)cc1. The Morgan fingerprint density at radius 1 is 0.886 bits per heavy atom. The number of anilines is 2. The van der Waals surface area contributed by atoms with E-state index in [2.05, 4.69) is 12.2 Å². The van der Waals surface area contributed by atoms with Gasteiger partial charge in [0.25, 0.3) is 5.69 Å². The monoisotopic (exact) mass is 583 g/mol. The van der Waals surface area contributed by atoms with Crippen LogP contribution in [-0.2, 0) is 16.6 Å². The first-order valence-corrected chi connectivity index (χ1v) is 14.7. The fraction of sp³-hybridized carbons (Fsp3) is 0.194. The van der Waals surface area contributed by atoms with Crippen LogP contribution in [0.4, 0.5) is 17.1 Å². The average Bonchev–Trinajstić information content (AvgIpc) is 3.53. The molecule has 44 heavy (non-hydrogen) atoms. The standard InChI is InChI=1S/C36H29N3O5/c1-2-7-22-12-14-24(15-13-22)33(40)31-32(34(41)25-16-19-26(20-17-25)39(43)44)38-29-11-6-3-8-23(29)18-21-30(38)36(31)27-9-4-5-10-28(27)37-35(36)42/h3-6,8-21,30-32H,2,7H2,1H3,(H,37,42). The fourth-order valence-corrected chi connectivity index (χ4v) is 7.34. The first-order chi connectivity index (χ1) is 21.4. The Bertz CT molecular complexity index is 1860. The van der Waals surface area contributed by atoms with Gasteiger partial charge in [0.15, 0.2) is 11.6 Å². The van der Waals surface area contributed by atoms with E-state index < -0.39 is 28.3 Å². The van der Waals surface area contributed by atoms with E-state index in [1.807, 2.05) is 77.7 Å². The predicted molar refractivity (Wildman–Crippen MR) is 168 cm³/mol. The number of fused-ring (bicyclic) bond motifs is 6. The molecule has 0 bridgehead atoms. The molecule has 0 aliphatic carbocycles. The first kappa shape index (κ1) is 27.5. The molecule has 1 amide bonds. The van der Waals surface area contributed by atoms with Gasteiger partial charge in [-0.15, -0.1) is 0 Å². The van der Waals surface area contributed by atoms with Gasteiger partial charge in [-0.1, -0.05) is 86.2 Å². The van der Waals surface area contributed by atoms with Crippen LogP contribution >= 0.6 is 0 Å². The van der Waals surface area contributed by atoms with Crippen molar-refractivity contribution in [3.05, 3.63) is 141 Å². The lowest BCUT2D eigenvalue weighted by Crippen LogP contribution is -2.51. The largest absolute Gasteiger partial charge is 0.352 e. The van der Waals surface area contributed by atoms with Gasteiger partial charge in [-0.2, -0.15) is 0 Å². The van der Waals surface area contributed by atoms with Crippen molar-refractivity contribution in [3.63, 3.8) is 0 Å². The van der Waals surface area contributed by atoms with Crippen molar-refractivity contribution in [1.29, 1.82) is 0 Å². The van der Waals surface area contributed by atoms with E-state index in [0.29, 0.717) is 16.8 Å². The first-order valence-electron chi connectivity index (χ1n) is 14.7. The zero-order valence-electron chi connectivity index (χ0n) is 24.0. The van der Waals surface area contributed by atoms with E-state index in [4.69, 9.17) is 0 Å². The van der Waals surface area contributed by atoms with Crippen LogP contribution in [0.15, 0.2) is 103 Å². The Morgan fingerprint density at radius 2 is 1.55 bits per heavy atom. The average molecular weight is 584 g/mol. The maximum Gasteiger partial charge on any atom is 0.269 e. The second kappa shape index (κ2) is 10.4. The summed E-state index contributed by atoms with van der Waals surface area (Å²) in [7, 11) is 0. The molecule has 8 heteroatoms. The number of non-ortho nitro benzene ring substituents is 1. The van der Waals surface area contributed by atoms with Crippen molar-refractivity contribution in [1.82, 2.24) is 0 Å². The molecule has 1 fully saturated rings. The summed E-state index contributed by atoms with van der Waals surface area (Å²) < 4.78 is 0. The summed E-state index contributed by atoms with van der Waals surface area (Å²) in [4.78, 5) is 56.8. The van der Waals surface area contributed by atoms with Gasteiger partial charge < -0.3 is 10.2 Å². The zero-order chi connectivity index (χ0) is 30.6. The molecule has 3 aliphatic rings. The number of nitro groups is 1. The Labute approximate surface area is 254 Å². The number of hydrogen-bond donors (Lipinski definition) is 1. The normalized spacial score (nSPS) is 22.7. The van der Waals surface area contributed by atoms with Gasteiger partial charge in [-0.25, -0.2) is 0 Å². The molecule has 3 heterocycles. The second-order valence-electron chi connectivity index (χ2n) is 11.5. The molecule has 4 atom stereocenters. The van der Waals surface area contributed by atoms with E-state index >= 15 is 0 Å². The van der Waals surface area contributed by atoms with Gasteiger partial charge in [0.1, 0.15) is 11.5 Å². The number of para-hydroxylation sites is 2. The summed E-state index contributed by atoms with van der Waals surface area (Å²) in [6.45, 7) is 2.09. The van der Waals surface area contributed by atoms with Crippen molar-refractivity contribution in [2.24, 2.45) is 5.92 Å². The molecule has 7 rings (SSSR count). The summed E-state index contributed by atoms with van der Waals surface area (Å²) in [5, 5.41) is 14.4. The summed E-state index contributed by atoms with van der Waals surface area (Å²) in [6, 6.07) is 26.1. The van der Waals surface area contributed by atoms with Gasteiger partial charge in [0, 0.05) is 34.6 Å². The number of hydrogen-bond acceptors (Lipinski definition) is 6. The Kier molecular flexibility index (Phi) is 6.50. The molecular formula is C36H29N3O5. The van der Waals surface area contributed by atoms with Crippen molar-refractivity contribution in [2.75, 3.05) is 10.2 Å². The summed E-state index contributed by atoms with van der Waals surface area (Å²) >= 11 is 0. The summed E-state index contributed by atoms with van der Waals surface area (Å²) in [5.41, 5.74) is 3.08. The van der Waals surface area contributed by atoms with E-state index in [1.54, 1.807) is 12.1 Å². The van der Waals surface area contributed by atoms with Crippen LogP contribution in [0.3, 0.4) is 0 Å². The molecule has 0 radical (unpaired) electrons. The maximum absolute atomic E-state index is 14.9. The highest BCUT2D eigenvalue weighted by Gasteiger charge is 2.70. The molecule has 0 saturated carbocycles. The van der Waals surface area contributed by atoms with Gasteiger partial charge >= 0.3 is 0 Å². The third kappa shape index (κ3) is 3.94. The quantitative estimate of drug-likeness (QED) is 0.153. The van der Waals surface area contributed by atoms with Gasteiger partial charge in [-0.05, 0) is 47.4 Å². The van der Waals surface area contributed by atoms with E-state index in [9.17, 15) is 24.5 Å². The van der Waals surface area contributed by atoms with Crippen LogP contribution in [0.25, 0.3) is 6.08 Å². The molecule has 1 saturated heterocycles. The van der Waals surface area contributed by atoms with Crippen LogP contribution in [-0.4, -0.2) is 34.5 Å². The highest BCUT2D eigenvalue weighted by molar-refractivity contribution is 6.18. The highest BCUT2D eigenvalue weighted by Crippen LogP contribution is 2.58. The Hall–Kier alpha value is -5.37. The molecular weight excluding hydrogens is 554 g/mol. The summed E-state index contributed by atoms with van der Waals surface area (Å²) in [6.07, 6.45) is 5.71. The highest BCUT2D eigenvalue weighted by atomic mass is 16.6. The molecule has 8 nitrogen and oxygen atoms in total. The van der Waals surface area contributed by atoms with Crippen molar-refractivity contribution >= 4 is 40.6 Å². The minimum Gasteiger partial charge on any atom is -0.352 e. The molecule has 4 unspecified atom stereocenters. The molecule has 1 spiro atoms. The number of carbonyl (C=O) groups is 3. The van der Waals surface area contributed by atoms with Crippen LogP contribution < -0.4 is 10.2 Å². The van der Waals surface area contributed by atoms with Gasteiger partial charge in [0.05, 0.1) is 16.9 Å². The number of nitrogens with one attached hydrogen (secondary N) is 1. The van der Waals surface area contributed by atoms with E-state index in [0.717, 1.165) is 29.7 Å². The second-order valence-corrected chi connectivity index (χ2v) is 11.5. The fourth-order valence-electron chi connectivity index (χ4n) is 7.34. The topological polar surface area (TPSA) is 110 Å². The maximum atomic E-state index is 14.9. The van der Waals surface area contributed by atoms with Gasteiger partial charge in [0.2, 0.25) is 5.91 Å². The van der Waals surface area contributed by atoms with E-state index in [1.165, 1.54) is 24.3 Å². The number of amides is 1. The lowest BCUT2D eigenvalue weighted by Gasteiger charge is -2.37. The number of nitro benzene ring substituents is 1. The third-order valence-corrected chi connectivity index (χ3v) is 9.23.